The van der Waals surface area contributed by atoms with Crippen molar-refractivity contribution in [3.05, 3.63) is 120 Å². The smallest absolute Gasteiger partial charge is 0.241 e. The van der Waals surface area contributed by atoms with Gasteiger partial charge in [-0.1, -0.05) is 78.9 Å². The summed E-state index contributed by atoms with van der Waals surface area (Å²) in [6.45, 7) is 0.834. The second kappa shape index (κ2) is 9.83. The number of rotatable bonds is 8. The van der Waals surface area contributed by atoms with Gasteiger partial charge in [0.2, 0.25) is 11.8 Å². The minimum absolute atomic E-state index is 0.399. The molecule has 0 unspecified atom stereocenters. The Morgan fingerprint density at radius 3 is 2.00 bits per heavy atom. The zero-order valence-corrected chi connectivity index (χ0v) is 18.0. The van der Waals surface area contributed by atoms with E-state index < -0.39 is 0 Å². The highest BCUT2D eigenvalue weighted by Crippen LogP contribution is 2.29. The van der Waals surface area contributed by atoms with Crippen LogP contribution in [0.2, 0.25) is 0 Å². The van der Waals surface area contributed by atoms with Gasteiger partial charge in [-0.2, -0.15) is 4.98 Å². The average Bonchev–Trinajstić information content (AvgIpc) is 2.88. The van der Waals surface area contributed by atoms with Crippen molar-refractivity contribution in [2.75, 3.05) is 5.32 Å². The second-order valence-corrected chi connectivity index (χ2v) is 7.56. The number of ether oxygens (including phenoxy) is 2. The van der Waals surface area contributed by atoms with Gasteiger partial charge in [-0.25, -0.2) is 4.98 Å². The molecule has 0 atom stereocenters. The fourth-order valence-electron chi connectivity index (χ4n) is 3.44. The summed E-state index contributed by atoms with van der Waals surface area (Å²) in [5.74, 6) is 1.68. The summed E-state index contributed by atoms with van der Waals surface area (Å²) < 4.78 is 12.0. The van der Waals surface area contributed by atoms with E-state index in [0.717, 1.165) is 33.5 Å². The number of pyridine rings is 2. The minimum atomic E-state index is 0.399. The topological polar surface area (TPSA) is 56.3 Å². The van der Waals surface area contributed by atoms with Crippen molar-refractivity contribution < 1.29 is 9.47 Å². The van der Waals surface area contributed by atoms with Crippen molar-refractivity contribution in [3.63, 3.8) is 0 Å². The van der Waals surface area contributed by atoms with Gasteiger partial charge in [-0.3, -0.25) is 0 Å². The van der Waals surface area contributed by atoms with Crippen LogP contribution < -0.4 is 14.8 Å². The molecule has 0 aliphatic carbocycles. The van der Waals surface area contributed by atoms with E-state index in [4.69, 9.17) is 14.5 Å². The summed E-state index contributed by atoms with van der Waals surface area (Å²) >= 11 is 0. The molecular formula is C28H23N3O2. The highest BCUT2D eigenvalue weighted by Gasteiger charge is 2.11. The van der Waals surface area contributed by atoms with E-state index in [1.165, 1.54) is 0 Å². The molecule has 162 valence electrons. The van der Waals surface area contributed by atoms with Gasteiger partial charge in [0.1, 0.15) is 24.7 Å². The molecule has 0 amide bonds. The lowest BCUT2D eigenvalue weighted by atomic mass is 10.2. The average molecular weight is 434 g/mol. The zero-order chi connectivity index (χ0) is 22.3. The third kappa shape index (κ3) is 5.28. The Hall–Kier alpha value is -4.38. The molecule has 0 saturated carbocycles. The van der Waals surface area contributed by atoms with Crippen molar-refractivity contribution >= 4 is 22.4 Å². The van der Waals surface area contributed by atoms with E-state index in [2.05, 4.69) is 10.3 Å². The van der Waals surface area contributed by atoms with E-state index in [1.54, 1.807) is 0 Å². The lowest BCUT2D eigenvalue weighted by molar-refractivity contribution is 0.269. The Bertz CT molecular complexity index is 1340. The van der Waals surface area contributed by atoms with Gasteiger partial charge in [0.05, 0.1) is 5.52 Å². The Morgan fingerprint density at radius 1 is 0.576 bits per heavy atom. The van der Waals surface area contributed by atoms with Crippen molar-refractivity contribution in [3.8, 4) is 11.8 Å². The minimum Gasteiger partial charge on any atom is -0.473 e. The maximum atomic E-state index is 6.09. The molecule has 1 N–H and O–H groups in total. The lowest BCUT2D eigenvalue weighted by Crippen LogP contribution is -2.04. The first-order valence-corrected chi connectivity index (χ1v) is 10.8. The van der Waals surface area contributed by atoms with Gasteiger partial charge in [0.25, 0.3) is 0 Å². The molecular weight excluding hydrogens is 410 g/mol. The van der Waals surface area contributed by atoms with E-state index in [0.29, 0.717) is 25.0 Å². The molecule has 0 aliphatic rings. The van der Waals surface area contributed by atoms with Crippen LogP contribution in [0.3, 0.4) is 0 Å². The van der Waals surface area contributed by atoms with Crippen molar-refractivity contribution in [1.29, 1.82) is 0 Å². The number of fused-ring (bicyclic) bond motifs is 1. The molecule has 2 aromatic heterocycles. The van der Waals surface area contributed by atoms with Gasteiger partial charge >= 0.3 is 0 Å². The Balaban J connectivity index is 1.39. The molecule has 5 rings (SSSR count). The Morgan fingerprint density at radius 2 is 1.24 bits per heavy atom. The van der Waals surface area contributed by atoms with Gasteiger partial charge < -0.3 is 14.8 Å². The second-order valence-electron chi connectivity index (χ2n) is 7.56. The molecule has 3 aromatic carbocycles. The van der Waals surface area contributed by atoms with Gasteiger partial charge in [-0.05, 0) is 35.4 Å². The molecule has 5 nitrogen and oxygen atoms in total. The van der Waals surface area contributed by atoms with Crippen LogP contribution in [0.4, 0.5) is 11.5 Å². The quantitative estimate of drug-likeness (QED) is 0.301. The van der Waals surface area contributed by atoms with E-state index in [1.807, 2.05) is 109 Å². The van der Waals surface area contributed by atoms with Crippen LogP contribution in [0.1, 0.15) is 11.1 Å². The predicted molar refractivity (Wildman–Crippen MR) is 131 cm³/mol. The molecule has 5 heteroatoms. The number of hydrogen-bond acceptors (Lipinski definition) is 5. The van der Waals surface area contributed by atoms with Crippen LogP contribution >= 0.6 is 0 Å². The first-order chi connectivity index (χ1) is 16.3. The van der Waals surface area contributed by atoms with Crippen molar-refractivity contribution in [2.24, 2.45) is 0 Å². The molecule has 5 aromatic rings. The summed E-state index contributed by atoms with van der Waals surface area (Å²) in [5, 5.41) is 4.44. The maximum Gasteiger partial charge on any atom is 0.241 e. The molecule has 33 heavy (non-hydrogen) atoms. The highest BCUT2D eigenvalue weighted by atomic mass is 16.5. The fraction of sp³-hybridized carbons (Fsp3) is 0.0714. The van der Waals surface area contributed by atoms with E-state index >= 15 is 0 Å². The van der Waals surface area contributed by atoms with Crippen LogP contribution in [0.5, 0.6) is 11.8 Å². The van der Waals surface area contributed by atoms with E-state index in [-0.39, 0.29) is 0 Å². The van der Waals surface area contributed by atoms with Crippen LogP contribution in [-0.4, -0.2) is 9.97 Å². The Labute approximate surface area is 192 Å². The first kappa shape index (κ1) is 20.5. The molecule has 0 bridgehead atoms. The first-order valence-electron chi connectivity index (χ1n) is 10.8. The normalized spacial score (nSPS) is 10.7. The van der Waals surface area contributed by atoms with Gasteiger partial charge in [0, 0.05) is 11.5 Å². The van der Waals surface area contributed by atoms with Crippen LogP contribution in [0, 0.1) is 0 Å². The maximum absolute atomic E-state index is 6.09. The third-order valence-corrected chi connectivity index (χ3v) is 5.14. The van der Waals surface area contributed by atoms with E-state index in [9.17, 15) is 0 Å². The monoisotopic (exact) mass is 433 g/mol. The van der Waals surface area contributed by atoms with Gasteiger partial charge in [0.15, 0.2) is 0 Å². The van der Waals surface area contributed by atoms with Crippen LogP contribution in [0.25, 0.3) is 10.9 Å². The summed E-state index contributed by atoms with van der Waals surface area (Å²) in [6, 6.07) is 35.8. The summed E-state index contributed by atoms with van der Waals surface area (Å²) in [5.41, 5.74) is 3.78. The zero-order valence-electron chi connectivity index (χ0n) is 18.0. The third-order valence-electron chi connectivity index (χ3n) is 5.14. The standard InChI is InChI=1S/C28H23N3O2/c1-3-9-21(10-4-1)19-32-27-18-16-25(28(31-27)33-20-22-11-5-2-6-12-22)30-26-17-15-23-13-7-8-14-24(23)29-26/h1-18H,19-20H2,(H,29,30). The number of nitrogens with one attached hydrogen (secondary N) is 1. The number of hydrogen-bond donors (Lipinski definition) is 1. The number of aromatic nitrogens is 2. The lowest BCUT2D eigenvalue weighted by Gasteiger charge is -2.14. The van der Waals surface area contributed by atoms with Crippen LogP contribution in [-0.2, 0) is 13.2 Å². The molecule has 0 radical (unpaired) electrons. The SMILES string of the molecule is c1ccc(COc2ccc(Nc3ccc4ccccc4n3)c(OCc3ccccc3)n2)cc1. The summed E-state index contributed by atoms with van der Waals surface area (Å²) in [7, 11) is 0. The predicted octanol–water partition coefficient (Wildman–Crippen LogP) is 6.53. The largest absolute Gasteiger partial charge is 0.473 e. The summed E-state index contributed by atoms with van der Waals surface area (Å²) in [4.78, 5) is 9.33. The van der Waals surface area contributed by atoms with Gasteiger partial charge in [-0.15, -0.1) is 0 Å². The number of benzene rings is 3. The number of nitrogens with zero attached hydrogens (tertiary/aromatic N) is 2. The molecule has 0 saturated heterocycles. The molecule has 0 fully saturated rings. The molecule has 0 spiro atoms. The van der Waals surface area contributed by atoms with Crippen LogP contribution in [0.15, 0.2) is 109 Å². The number of anilines is 2. The Kier molecular flexibility index (Phi) is 6.11. The molecule has 0 aliphatic heterocycles. The van der Waals surface area contributed by atoms with Crippen molar-refractivity contribution in [2.45, 2.75) is 13.2 Å². The number of para-hydroxylation sites is 1. The summed E-state index contributed by atoms with van der Waals surface area (Å²) in [6.07, 6.45) is 0. The highest BCUT2D eigenvalue weighted by molar-refractivity contribution is 5.81. The molecule has 2 heterocycles. The fourth-order valence-corrected chi connectivity index (χ4v) is 3.44. The van der Waals surface area contributed by atoms with Crippen molar-refractivity contribution in [1.82, 2.24) is 9.97 Å².